The molecule has 1 aliphatic heterocycles. The van der Waals surface area contributed by atoms with Crippen LogP contribution in [0.2, 0.25) is 0 Å². The number of para-hydroxylation sites is 1. The first-order chi connectivity index (χ1) is 8.69. The van der Waals surface area contributed by atoms with Crippen LogP contribution in [0.1, 0.15) is 32.8 Å². The molecule has 3 heteroatoms. The topological polar surface area (TPSA) is 30.3 Å². The molecule has 1 aliphatic rings. The fourth-order valence-electron chi connectivity index (χ4n) is 2.69. The molecule has 18 heavy (non-hydrogen) atoms. The predicted octanol–water partition coefficient (Wildman–Crippen LogP) is 3.10. The van der Waals surface area contributed by atoms with E-state index in [9.17, 15) is 0 Å². The van der Waals surface area contributed by atoms with Gasteiger partial charge in [0.2, 0.25) is 0 Å². The number of guanidine groups is 1. The van der Waals surface area contributed by atoms with Gasteiger partial charge in [-0.25, -0.2) is 0 Å². The normalized spacial score (nSPS) is 18.4. The quantitative estimate of drug-likeness (QED) is 0.641. The minimum Gasteiger partial charge on any atom is -0.343 e. The molecular weight excluding hydrogens is 222 g/mol. The molecular formula is C15H23N3. The highest BCUT2D eigenvalue weighted by Gasteiger charge is 2.27. The Labute approximate surface area is 110 Å². The van der Waals surface area contributed by atoms with Crippen molar-refractivity contribution < 1.29 is 0 Å². The highest BCUT2D eigenvalue weighted by molar-refractivity contribution is 5.95. The summed E-state index contributed by atoms with van der Waals surface area (Å²) in [7, 11) is 0. The fourth-order valence-corrected chi connectivity index (χ4v) is 2.69. The van der Waals surface area contributed by atoms with Crippen LogP contribution in [-0.4, -0.2) is 30.0 Å². The van der Waals surface area contributed by atoms with E-state index < -0.39 is 0 Å². The highest BCUT2D eigenvalue weighted by atomic mass is 15.4. The van der Waals surface area contributed by atoms with E-state index in [1.165, 1.54) is 11.3 Å². The van der Waals surface area contributed by atoms with E-state index in [0.29, 0.717) is 12.0 Å². The van der Waals surface area contributed by atoms with Crippen LogP contribution in [0.15, 0.2) is 24.3 Å². The summed E-state index contributed by atoms with van der Waals surface area (Å²) in [5, 5.41) is 8.45. The summed E-state index contributed by atoms with van der Waals surface area (Å²) in [6.45, 7) is 8.21. The standard InChI is InChI=1S/C15H23N3/c1-4-17(5-2)15(16)18-12(3)10-11-13-8-6-7-9-14(13)18/h6-9,12,16H,4-5,10-11H2,1-3H3/t12-/m0/s1. The maximum Gasteiger partial charge on any atom is 0.198 e. The molecule has 0 bridgehead atoms. The lowest BCUT2D eigenvalue weighted by Gasteiger charge is -2.40. The molecule has 1 aromatic rings. The Morgan fingerprint density at radius 2 is 2.00 bits per heavy atom. The van der Waals surface area contributed by atoms with Crippen LogP contribution < -0.4 is 4.90 Å². The molecule has 0 unspecified atom stereocenters. The molecule has 0 saturated heterocycles. The summed E-state index contributed by atoms with van der Waals surface area (Å²) in [6, 6.07) is 8.90. The molecule has 1 N–H and O–H groups in total. The second-order valence-electron chi connectivity index (χ2n) is 4.88. The average molecular weight is 245 g/mol. The lowest BCUT2D eigenvalue weighted by molar-refractivity contribution is 0.441. The minimum atomic E-state index is 0.410. The Balaban J connectivity index is 2.34. The van der Waals surface area contributed by atoms with Gasteiger partial charge in [0, 0.05) is 24.8 Å². The molecule has 0 fully saturated rings. The van der Waals surface area contributed by atoms with Gasteiger partial charge in [0.25, 0.3) is 0 Å². The van der Waals surface area contributed by atoms with Gasteiger partial charge in [-0.1, -0.05) is 18.2 Å². The molecule has 0 aromatic heterocycles. The first kappa shape index (κ1) is 12.9. The number of hydrogen-bond donors (Lipinski definition) is 1. The molecule has 1 aromatic carbocycles. The van der Waals surface area contributed by atoms with Gasteiger partial charge in [-0.2, -0.15) is 0 Å². The number of nitrogens with one attached hydrogen (secondary N) is 1. The summed E-state index contributed by atoms with van der Waals surface area (Å²) in [5.74, 6) is 0.639. The van der Waals surface area contributed by atoms with Crippen molar-refractivity contribution >= 4 is 11.6 Å². The molecule has 0 saturated carbocycles. The number of nitrogens with zero attached hydrogens (tertiary/aromatic N) is 2. The zero-order chi connectivity index (χ0) is 13.1. The van der Waals surface area contributed by atoms with E-state index in [1.54, 1.807) is 0 Å². The van der Waals surface area contributed by atoms with Crippen LogP contribution in [0, 0.1) is 5.41 Å². The molecule has 1 atom stereocenters. The van der Waals surface area contributed by atoms with E-state index in [1.807, 2.05) is 0 Å². The number of fused-ring (bicyclic) bond motifs is 1. The van der Waals surface area contributed by atoms with E-state index >= 15 is 0 Å². The lowest BCUT2D eigenvalue weighted by Crippen LogP contribution is -2.50. The average Bonchev–Trinajstić information content (AvgIpc) is 2.39. The van der Waals surface area contributed by atoms with Gasteiger partial charge >= 0.3 is 0 Å². The van der Waals surface area contributed by atoms with Crippen molar-refractivity contribution in [2.24, 2.45) is 0 Å². The molecule has 2 rings (SSSR count). The summed E-state index contributed by atoms with van der Waals surface area (Å²) >= 11 is 0. The monoisotopic (exact) mass is 245 g/mol. The predicted molar refractivity (Wildman–Crippen MR) is 77.4 cm³/mol. The molecule has 0 radical (unpaired) electrons. The Kier molecular flexibility index (Phi) is 3.90. The van der Waals surface area contributed by atoms with Crippen LogP contribution >= 0.6 is 0 Å². The molecule has 3 nitrogen and oxygen atoms in total. The smallest absolute Gasteiger partial charge is 0.198 e. The maximum absolute atomic E-state index is 8.45. The van der Waals surface area contributed by atoms with Crippen molar-refractivity contribution in [3.8, 4) is 0 Å². The van der Waals surface area contributed by atoms with Crippen molar-refractivity contribution in [2.45, 2.75) is 39.7 Å². The minimum absolute atomic E-state index is 0.410. The first-order valence-corrected chi connectivity index (χ1v) is 6.89. The first-order valence-electron chi connectivity index (χ1n) is 6.89. The van der Waals surface area contributed by atoms with Crippen molar-refractivity contribution in [1.82, 2.24) is 4.90 Å². The van der Waals surface area contributed by atoms with Gasteiger partial charge in [-0.15, -0.1) is 0 Å². The largest absolute Gasteiger partial charge is 0.343 e. The Bertz CT molecular complexity index is 424. The molecule has 98 valence electrons. The van der Waals surface area contributed by atoms with Gasteiger partial charge in [0.1, 0.15) is 0 Å². The van der Waals surface area contributed by atoms with Crippen molar-refractivity contribution in [3.63, 3.8) is 0 Å². The number of hydrogen-bond acceptors (Lipinski definition) is 1. The van der Waals surface area contributed by atoms with Gasteiger partial charge in [0.05, 0.1) is 0 Å². The van der Waals surface area contributed by atoms with Crippen LogP contribution in [0.5, 0.6) is 0 Å². The van der Waals surface area contributed by atoms with E-state index in [-0.39, 0.29) is 0 Å². The summed E-state index contributed by atoms with van der Waals surface area (Å²) in [6.07, 6.45) is 2.25. The summed E-state index contributed by atoms with van der Waals surface area (Å²) < 4.78 is 0. The lowest BCUT2D eigenvalue weighted by atomic mass is 9.97. The van der Waals surface area contributed by atoms with Gasteiger partial charge in [-0.3, -0.25) is 5.41 Å². The Morgan fingerprint density at radius 1 is 1.33 bits per heavy atom. The van der Waals surface area contributed by atoms with Crippen LogP contribution in [0.25, 0.3) is 0 Å². The zero-order valence-electron chi connectivity index (χ0n) is 11.6. The van der Waals surface area contributed by atoms with Crippen LogP contribution in [0.4, 0.5) is 5.69 Å². The van der Waals surface area contributed by atoms with E-state index in [2.05, 4.69) is 54.8 Å². The molecule has 0 amide bonds. The van der Waals surface area contributed by atoms with Gasteiger partial charge in [-0.05, 0) is 45.2 Å². The molecule has 0 spiro atoms. The van der Waals surface area contributed by atoms with Crippen molar-refractivity contribution in [3.05, 3.63) is 29.8 Å². The van der Waals surface area contributed by atoms with Crippen LogP contribution in [-0.2, 0) is 6.42 Å². The Morgan fingerprint density at radius 3 is 2.67 bits per heavy atom. The second kappa shape index (κ2) is 5.42. The maximum atomic E-state index is 8.45. The number of aryl methyl sites for hydroxylation is 1. The van der Waals surface area contributed by atoms with E-state index in [4.69, 9.17) is 5.41 Å². The third-order valence-corrected chi connectivity index (χ3v) is 3.81. The highest BCUT2D eigenvalue weighted by Crippen LogP contribution is 2.30. The van der Waals surface area contributed by atoms with E-state index in [0.717, 1.165) is 25.9 Å². The summed E-state index contributed by atoms with van der Waals surface area (Å²) in [4.78, 5) is 4.30. The summed E-state index contributed by atoms with van der Waals surface area (Å²) in [5.41, 5.74) is 2.58. The number of anilines is 1. The zero-order valence-corrected chi connectivity index (χ0v) is 11.6. The Hall–Kier alpha value is -1.51. The van der Waals surface area contributed by atoms with Crippen molar-refractivity contribution in [2.75, 3.05) is 18.0 Å². The van der Waals surface area contributed by atoms with Crippen LogP contribution in [0.3, 0.4) is 0 Å². The van der Waals surface area contributed by atoms with Gasteiger partial charge in [0.15, 0.2) is 5.96 Å². The third-order valence-electron chi connectivity index (χ3n) is 3.81. The third kappa shape index (κ3) is 2.22. The molecule has 1 heterocycles. The fraction of sp³-hybridized carbons (Fsp3) is 0.533. The number of rotatable bonds is 2. The van der Waals surface area contributed by atoms with Gasteiger partial charge < -0.3 is 9.80 Å². The van der Waals surface area contributed by atoms with Crippen molar-refractivity contribution in [1.29, 1.82) is 5.41 Å². The number of benzene rings is 1. The SMILES string of the molecule is CCN(CC)C(=N)N1c2ccccc2CC[C@@H]1C. The molecule has 0 aliphatic carbocycles. The second-order valence-corrected chi connectivity index (χ2v) is 4.88.